The number of carbonyl (C=O) groups excluding carboxylic acids is 2. The van der Waals surface area contributed by atoms with Gasteiger partial charge in [-0.25, -0.2) is 22.5 Å². The monoisotopic (exact) mass is 725 g/mol. The first-order valence-corrected chi connectivity index (χ1v) is 18.3. The predicted molar refractivity (Wildman–Crippen MR) is 184 cm³/mol. The molecular weight excluding hydrogens is 689 g/mol. The van der Waals surface area contributed by atoms with Crippen LogP contribution < -0.4 is 15.4 Å². The Morgan fingerprint density at radius 1 is 1.18 bits per heavy atom. The first kappa shape index (κ1) is 34.3. The standard InChI is InChI=1S/C34H37ClFN7O6S/c1-18(2)10-24-32(33(37)45)31(19-4-7-26-28(11-19)49-17-30(44)42(26)15-25-23(36)12-20(35)13-38-25)22-14-39-43(34(22)40-24)27-8-9-41(16-29(27)48-3)50(46,47)21-5-6-21/h4,7,11-14,18,21,27,29H,5-6,8-10,15-17H2,1-3H3,(H2,37,45)/t27-,29+/m0/s1. The largest absolute Gasteiger partial charge is 0.482 e. The second-order valence-electron chi connectivity index (χ2n) is 13.4. The zero-order valence-corrected chi connectivity index (χ0v) is 29.4. The van der Waals surface area contributed by atoms with E-state index in [1.54, 1.807) is 36.2 Å². The number of hydrogen-bond acceptors (Lipinski definition) is 9. The molecule has 2 aliphatic heterocycles. The summed E-state index contributed by atoms with van der Waals surface area (Å²) in [4.78, 5) is 36.6. The van der Waals surface area contributed by atoms with E-state index < -0.39 is 27.9 Å². The van der Waals surface area contributed by atoms with Crippen molar-refractivity contribution in [1.29, 1.82) is 0 Å². The molecule has 16 heteroatoms. The van der Waals surface area contributed by atoms with Crippen LogP contribution in [0.3, 0.4) is 0 Å². The molecule has 0 spiro atoms. The maximum Gasteiger partial charge on any atom is 0.265 e. The van der Waals surface area contributed by atoms with Crippen LogP contribution in [0.1, 0.15) is 60.9 Å². The molecule has 2 fully saturated rings. The predicted octanol–water partition coefficient (Wildman–Crippen LogP) is 4.26. The van der Waals surface area contributed by atoms with Gasteiger partial charge in [0.15, 0.2) is 12.3 Å². The number of methoxy groups -OCH3 is 1. The summed E-state index contributed by atoms with van der Waals surface area (Å²) in [7, 11) is -1.83. The first-order valence-electron chi connectivity index (χ1n) is 16.5. The van der Waals surface area contributed by atoms with Crippen molar-refractivity contribution in [3.05, 3.63) is 64.5 Å². The smallest absolute Gasteiger partial charge is 0.265 e. The van der Waals surface area contributed by atoms with Crippen molar-refractivity contribution in [2.24, 2.45) is 11.7 Å². The molecule has 1 saturated carbocycles. The van der Waals surface area contributed by atoms with Gasteiger partial charge in [-0.2, -0.15) is 9.40 Å². The lowest BCUT2D eigenvalue weighted by Gasteiger charge is -2.37. The molecule has 0 unspecified atom stereocenters. The molecule has 2 atom stereocenters. The summed E-state index contributed by atoms with van der Waals surface area (Å²) >= 11 is 5.88. The minimum atomic E-state index is -3.39. The van der Waals surface area contributed by atoms with Crippen LogP contribution in [0.25, 0.3) is 22.2 Å². The van der Waals surface area contributed by atoms with Crippen LogP contribution >= 0.6 is 11.6 Å². The van der Waals surface area contributed by atoms with E-state index in [2.05, 4.69) is 4.98 Å². The van der Waals surface area contributed by atoms with Gasteiger partial charge in [0.25, 0.3) is 11.8 Å². The van der Waals surface area contributed by atoms with Gasteiger partial charge in [0.2, 0.25) is 10.0 Å². The van der Waals surface area contributed by atoms with E-state index in [0.717, 1.165) is 6.07 Å². The number of pyridine rings is 2. The molecule has 7 rings (SSSR count). The second-order valence-corrected chi connectivity index (χ2v) is 16.0. The average molecular weight is 726 g/mol. The number of benzene rings is 1. The Balaban J connectivity index is 1.32. The van der Waals surface area contributed by atoms with Gasteiger partial charge in [-0.3, -0.25) is 19.5 Å². The number of anilines is 1. The molecule has 0 radical (unpaired) electrons. The minimum absolute atomic E-state index is 0.0441. The van der Waals surface area contributed by atoms with Crippen LogP contribution in [0.15, 0.2) is 36.7 Å². The molecule has 264 valence electrons. The third kappa shape index (κ3) is 6.20. The molecule has 50 heavy (non-hydrogen) atoms. The van der Waals surface area contributed by atoms with E-state index in [0.29, 0.717) is 71.5 Å². The van der Waals surface area contributed by atoms with Crippen LogP contribution in [0, 0.1) is 11.7 Å². The van der Waals surface area contributed by atoms with Crippen LogP contribution in [-0.2, 0) is 32.5 Å². The lowest BCUT2D eigenvalue weighted by atomic mass is 9.92. The number of rotatable bonds is 10. The first-order chi connectivity index (χ1) is 23.9. The van der Waals surface area contributed by atoms with E-state index in [9.17, 15) is 22.4 Å². The Labute approximate surface area is 293 Å². The molecule has 3 aliphatic rings. The molecule has 2 amide bonds. The topological polar surface area (TPSA) is 163 Å². The highest BCUT2D eigenvalue weighted by molar-refractivity contribution is 7.90. The molecule has 0 bridgehead atoms. The number of sulfonamides is 1. The maximum absolute atomic E-state index is 14.7. The third-order valence-electron chi connectivity index (χ3n) is 9.46. The van der Waals surface area contributed by atoms with Crippen molar-refractivity contribution in [1.82, 2.24) is 24.1 Å². The number of fused-ring (bicyclic) bond motifs is 2. The molecule has 1 aliphatic carbocycles. The van der Waals surface area contributed by atoms with Crippen LogP contribution in [-0.4, -0.2) is 82.4 Å². The molecule has 5 heterocycles. The quantitative estimate of drug-likeness (QED) is 0.252. The van der Waals surface area contributed by atoms with Gasteiger partial charge in [0.05, 0.1) is 57.8 Å². The summed E-state index contributed by atoms with van der Waals surface area (Å²) < 4.78 is 55.8. The van der Waals surface area contributed by atoms with Crippen molar-refractivity contribution in [3.63, 3.8) is 0 Å². The summed E-state index contributed by atoms with van der Waals surface area (Å²) in [5.74, 6) is -1.21. The molecule has 1 aromatic carbocycles. The number of carbonyl (C=O) groups is 2. The molecule has 3 aromatic heterocycles. The molecule has 2 N–H and O–H groups in total. The number of hydrogen-bond donors (Lipinski definition) is 1. The van der Waals surface area contributed by atoms with Crippen LogP contribution in [0.5, 0.6) is 5.75 Å². The van der Waals surface area contributed by atoms with Gasteiger partial charge >= 0.3 is 0 Å². The van der Waals surface area contributed by atoms with Crippen molar-refractivity contribution in [3.8, 4) is 16.9 Å². The zero-order valence-electron chi connectivity index (χ0n) is 27.8. The lowest BCUT2D eigenvalue weighted by Crippen LogP contribution is -2.49. The number of halogens is 2. The Morgan fingerprint density at radius 2 is 1.96 bits per heavy atom. The van der Waals surface area contributed by atoms with E-state index in [4.69, 9.17) is 36.9 Å². The fraction of sp³-hybridized carbons (Fsp3) is 0.441. The summed E-state index contributed by atoms with van der Waals surface area (Å²) in [5.41, 5.74) is 8.84. The van der Waals surface area contributed by atoms with Crippen molar-refractivity contribution in [2.45, 2.75) is 63.5 Å². The van der Waals surface area contributed by atoms with Crippen molar-refractivity contribution < 1.29 is 31.9 Å². The fourth-order valence-corrected chi connectivity index (χ4v) is 8.90. The van der Waals surface area contributed by atoms with E-state index in [1.165, 1.54) is 15.4 Å². The number of piperidine rings is 1. The Kier molecular flexibility index (Phi) is 9.03. The van der Waals surface area contributed by atoms with Gasteiger partial charge in [0.1, 0.15) is 11.6 Å². The number of amides is 2. The summed E-state index contributed by atoms with van der Waals surface area (Å²) in [6.07, 6.45) is 4.72. The highest BCUT2D eigenvalue weighted by atomic mass is 35.5. The van der Waals surface area contributed by atoms with Gasteiger partial charge < -0.3 is 15.2 Å². The second kappa shape index (κ2) is 13.2. The normalized spacial score (nSPS) is 20.0. The lowest BCUT2D eigenvalue weighted by molar-refractivity contribution is -0.121. The van der Waals surface area contributed by atoms with Gasteiger partial charge in [-0.05, 0) is 55.4 Å². The number of ether oxygens (including phenoxy) is 2. The van der Waals surface area contributed by atoms with E-state index in [1.807, 2.05) is 13.8 Å². The van der Waals surface area contributed by atoms with Crippen molar-refractivity contribution >= 4 is 50.2 Å². The summed E-state index contributed by atoms with van der Waals surface area (Å²) in [6.45, 7) is 4.12. The highest BCUT2D eigenvalue weighted by Crippen LogP contribution is 2.42. The SMILES string of the molecule is CO[C@@H]1CN(S(=O)(=O)C2CC2)CC[C@@H]1n1ncc2c(-c3ccc4c(c3)OCC(=O)N4Cc3ncc(Cl)cc3F)c(C(N)=O)c(CC(C)C)nc21. The maximum atomic E-state index is 14.7. The van der Waals surface area contributed by atoms with Gasteiger partial charge in [-0.15, -0.1) is 0 Å². The Hall–Kier alpha value is -4.18. The van der Waals surface area contributed by atoms with Crippen LogP contribution in [0.2, 0.25) is 5.02 Å². The molecule has 4 aromatic rings. The Morgan fingerprint density at radius 3 is 2.64 bits per heavy atom. The molecule has 13 nitrogen and oxygen atoms in total. The van der Waals surface area contributed by atoms with E-state index in [-0.39, 0.29) is 59.1 Å². The third-order valence-corrected chi connectivity index (χ3v) is 12.0. The molecular formula is C34H37ClFN7O6S. The number of primary amides is 1. The van der Waals surface area contributed by atoms with Crippen LogP contribution in [0.4, 0.5) is 10.1 Å². The molecule has 1 saturated heterocycles. The zero-order chi connectivity index (χ0) is 35.5. The summed E-state index contributed by atoms with van der Waals surface area (Å²) in [5, 5.41) is 5.13. The Bertz CT molecular complexity index is 2120. The number of aromatic nitrogens is 4. The number of nitrogens with zero attached hydrogens (tertiary/aromatic N) is 6. The number of nitrogens with two attached hydrogens (primary N) is 1. The van der Waals surface area contributed by atoms with Gasteiger partial charge in [0, 0.05) is 37.3 Å². The van der Waals surface area contributed by atoms with E-state index >= 15 is 0 Å². The average Bonchev–Trinajstić information content (AvgIpc) is 3.86. The minimum Gasteiger partial charge on any atom is -0.482 e. The van der Waals surface area contributed by atoms with Crippen molar-refractivity contribution in [2.75, 3.05) is 31.7 Å². The highest BCUT2D eigenvalue weighted by Gasteiger charge is 2.44. The summed E-state index contributed by atoms with van der Waals surface area (Å²) in [6, 6.07) is 5.95. The fourth-order valence-electron chi connectivity index (χ4n) is 6.89. The van der Waals surface area contributed by atoms with Gasteiger partial charge in [-0.1, -0.05) is 31.5 Å².